The molecule has 0 aliphatic heterocycles. The van der Waals surface area contributed by atoms with Crippen LogP contribution in [0.4, 0.5) is 0 Å². The van der Waals surface area contributed by atoms with Crippen LogP contribution in [-0.2, 0) is 0 Å². The highest BCUT2D eigenvalue weighted by Crippen LogP contribution is 2.47. The maximum atomic E-state index is 9.51. The predicted octanol–water partition coefficient (Wildman–Crippen LogP) is 13.7. The zero-order valence-electron chi connectivity index (χ0n) is 47.0. The molecule has 0 bridgehead atoms. The van der Waals surface area contributed by atoms with Crippen LogP contribution in [0.5, 0.6) is 0 Å². The smallest absolute Gasteiger partial charge is 0.136 e. The zero-order valence-corrected chi connectivity index (χ0v) is 25.0. The zero-order chi connectivity index (χ0) is 51.5. The molecule has 1 heterocycles. The Morgan fingerprint density at radius 3 is 1.67 bits per heavy atom. The number of benzene rings is 9. The molecule has 10 aromatic rings. The number of rotatable bonds is 4. The lowest BCUT2D eigenvalue weighted by Crippen LogP contribution is -1.91. The van der Waals surface area contributed by atoms with Crippen molar-refractivity contribution in [2.45, 2.75) is 0 Å². The van der Waals surface area contributed by atoms with Crippen LogP contribution in [0, 0.1) is 0 Å². The minimum Gasteiger partial charge on any atom is -0.456 e. The Balaban J connectivity index is 1.31. The van der Waals surface area contributed by atoms with E-state index in [2.05, 4.69) is 0 Å². The fraction of sp³-hybridized carbons (Fsp3) is 0. The third-order valence-electron chi connectivity index (χ3n) is 8.38. The van der Waals surface area contributed by atoms with Gasteiger partial charge in [-0.15, -0.1) is 0 Å². The van der Waals surface area contributed by atoms with Gasteiger partial charge in [0.1, 0.15) is 11.2 Å². The van der Waals surface area contributed by atoms with Crippen molar-refractivity contribution >= 4 is 54.3 Å². The average Bonchev–Trinajstić information content (AvgIpc) is 3.76. The number of hydrogen-bond donors (Lipinski definition) is 0. The van der Waals surface area contributed by atoms with Gasteiger partial charge in [-0.1, -0.05) is 157 Å². The Morgan fingerprint density at radius 2 is 0.939 bits per heavy atom. The molecule has 0 atom stereocenters. The molecule has 0 N–H and O–H groups in total. The van der Waals surface area contributed by atoms with Crippen LogP contribution in [0.25, 0.3) is 98.8 Å². The summed E-state index contributed by atoms with van der Waals surface area (Å²) in [5.74, 6) is 0. The van der Waals surface area contributed by atoms with Gasteiger partial charge >= 0.3 is 0 Å². The lowest BCUT2D eigenvalue weighted by Gasteiger charge is -2.18. The Hall–Kier alpha value is -6.44. The van der Waals surface area contributed by atoms with Gasteiger partial charge in [0.25, 0.3) is 0 Å². The molecule has 0 unspecified atom stereocenters. The minimum absolute atomic E-state index is 0.0807. The molecule has 0 radical (unpaired) electrons. The first kappa shape index (κ1) is 13.6. The quantitative estimate of drug-likeness (QED) is 0.174. The van der Waals surface area contributed by atoms with Crippen molar-refractivity contribution in [3.8, 4) is 44.5 Å². The van der Waals surface area contributed by atoms with E-state index in [1.165, 1.54) is 0 Å². The first-order valence-electron chi connectivity index (χ1n) is 26.1. The molecule has 1 heteroatoms. The minimum atomic E-state index is -0.755. The first-order chi connectivity index (χ1) is 33.5. The number of hydrogen-bond acceptors (Lipinski definition) is 1. The summed E-state index contributed by atoms with van der Waals surface area (Å²) in [6.07, 6.45) is 0. The lowest BCUT2D eigenvalue weighted by atomic mass is 9.84. The van der Waals surface area contributed by atoms with E-state index < -0.39 is 172 Å². The molecule has 0 spiro atoms. The highest BCUT2D eigenvalue weighted by atomic mass is 16.3. The summed E-state index contributed by atoms with van der Waals surface area (Å²) >= 11 is 0. The molecule has 1 nitrogen and oxygen atoms in total. The number of furan rings is 1. The molecule has 9 aromatic carbocycles. The Kier molecular flexibility index (Phi) is 3.07. The van der Waals surface area contributed by atoms with E-state index in [4.69, 9.17) is 23.6 Å². The predicted molar refractivity (Wildman–Crippen MR) is 208 cm³/mol. The normalized spacial score (nSPS) is 18.0. The highest BCUT2D eigenvalue weighted by Gasteiger charge is 2.20. The van der Waals surface area contributed by atoms with E-state index in [-0.39, 0.29) is 49.4 Å². The van der Waals surface area contributed by atoms with Crippen molar-refractivity contribution in [1.29, 1.82) is 0 Å². The van der Waals surface area contributed by atoms with Crippen molar-refractivity contribution in [2.24, 2.45) is 0 Å². The van der Waals surface area contributed by atoms with Crippen LogP contribution in [0.15, 0.2) is 186 Å². The van der Waals surface area contributed by atoms with Gasteiger partial charge < -0.3 is 4.42 Å². The van der Waals surface area contributed by atoms with Crippen molar-refractivity contribution < 1.29 is 34.6 Å². The molecule has 228 valence electrons. The molecule has 0 aliphatic rings. The average molecular weight is 645 g/mol. The monoisotopic (exact) mass is 644 g/mol. The summed E-state index contributed by atoms with van der Waals surface area (Å²) in [6.45, 7) is 0. The maximum absolute atomic E-state index is 9.51. The summed E-state index contributed by atoms with van der Waals surface area (Å²) in [7, 11) is 0. The maximum Gasteiger partial charge on any atom is 0.136 e. The van der Waals surface area contributed by atoms with Gasteiger partial charge in [-0.2, -0.15) is 0 Å². The largest absolute Gasteiger partial charge is 0.456 e. The summed E-state index contributed by atoms with van der Waals surface area (Å²) < 4.78 is 201. The van der Waals surface area contributed by atoms with E-state index in [9.17, 15) is 11.0 Å². The van der Waals surface area contributed by atoms with Crippen molar-refractivity contribution in [2.75, 3.05) is 0 Å². The van der Waals surface area contributed by atoms with E-state index >= 15 is 0 Å². The van der Waals surface area contributed by atoms with Crippen LogP contribution in [0.2, 0.25) is 0 Å². The molecule has 10 rings (SSSR count). The Morgan fingerprint density at radius 1 is 0.367 bits per heavy atom. The second-order valence-electron chi connectivity index (χ2n) is 11.1. The summed E-state index contributed by atoms with van der Waals surface area (Å²) in [6, 6.07) is -2.04. The second-order valence-corrected chi connectivity index (χ2v) is 11.1. The van der Waals surface area contributed by atoms with Crippen molar-refractivity contribution in [3.63, 3.8) is 0 Å². The molecular formula is C48H30O. The van der Waals surface area contributed by atoms with E-state index in [0.29, 0.717) is 10.8 Å². The SMILES string of the molecule is [2H]c1c([2H])c([2H])c(-c2c([2H])c([2H])c3c(oc4c([2H])c([2H])c([2H])c(-c5c6ccccc6c(-c6c([2H])c([2H])c(-c7c([2H])c([2H])c8c([2H])c([2H])c([2H])c([2H])c8c7[2H])c([2H])c6[2H])c6ccccc56)c43)c2[2H])c([2H])c1[2H]. The molecule has 1 aromatic heterocycles. The van der Waals surface area contributed by atoms with Crippen LogP contribution in [0.1, 0.15) is 30.2 Å². The van der Waals surface area contributed by atoms with E-state index in [1.54, 1.807) is 48.5 Å². The lowest BCUT2D eigenvalue weighted by molar-refractivity contribution is 0.669. The van der Waals surface area contributed by atoms with Crippen molar-refractivity contribution in [1.82, 2.24) is 0 Å². The summed E-state index contributed by atoms with van der Waals surface area (Å²) in [4.78, 5) is 0. The summed E-state index contributed by atoms with van der Waals surface area (Å²) in [5.41, 5.74) is -2.88. The van der Waals surface area contributed by atoms with Gasteiger partial charge in [-0.05, 0) is 101 Å². The van der Waals surface area contributed by atoms with Gasteiger partial charge in [0, 0.05) is 10.8 Å². The molecule has 0 saturated carbocycles. The fourth-order valence-electron chi connectivity index (χ4n) is 6.27. The van der Waals surface area contributed by atoms with Crippen LogP contribution in [0.3, 0.4) is 0 Å². The third-order valence-corrected chi connectivity index (χ3v) is 8.38. The van der Waals surface area contributed by atoms with Gasteiger partial charge in [-0.25, -0.2) is 0 Å². The third kappa shape index (κ3) is 4.47. The Bertz CT molecular complexity index is 4030. The van der Waals surface area contributed by atoms with Crippen LogP contribution in [-0.4, -0.2) is 0 Å². The first-order valence-corrected chi connectivity index (χ1v) is 15.1. The van der Waals surface area contributed by atoms with Gasteiger partial charge in [-0.3, -0.25) is 0 Å². The topological polar surface area (TPSA) is 13.1 Å². The van der Waals surface area contributed by atoms with Crippen LogP contribution < -0.4 is 0 Å². The van der Waals surface area contributed by atoms with Crippen molar-refractivity contribution in [3.05, 3.63) is 181 Å². The second kappa shape index (κ2) is 11.1. The molecule has 0 fully saturated rings. The van der Waals surface area contributed by atoms with E-state index in [0.717, 1.165) is 0 Å². The molecular weight excluding hydrogens is 593 g/mol. The van der Waals surface area contributed by atoms with Crippen LogP contribution >= 0.6 is 0 Å². The standard InChI is InChI=1S/C48H30O/c1-2-11-31(12-3-1)37-27-28-42-45(30-37)49-44-20-10-19-43(48(42)44)47-40-17-8-6-15-38(40)46(39-16-7-9-18-41(39)47)34-24-21-33(22-25-34)36-26-23-32-13-4-5-14-35(32)29-36/h1-30H/i1D,2D,3D,4D,5D,10D,11D,12D,13D,14D,19D,20D,21D,22D,23D,24D,25D,26D,27D,28D,29D,30D. The van der Waals surface area contributed by atoms with Gasteiger partial charge in [0.05, 0.1) is 30.2 Å². The summed E-state index contributed by atoms with van der Waals surface area (Å²) in [5, 5.41) is -0.0418. The highest BCUT2D eigenvalue weighted by molar-refractivity contribution is 6.25. The molecule has 49 heavy (non-hydrogen) atoms. The molecule has 0 aliphatic carbocycles. The fourth-order valence-corrected chi connectivity index (χ4v) is 6.27. The van der Waals surface area contributed by atoms with E-state index in [1.807, 2.05) is 0 Å². The molecule has 0 saturated heterocycles. The van der Waals surface area contributed by atoms with Gasteiger partial charge in [0.2, 0.25) is 0 Å². The molecule has 0 amide bonds. The number of fused-ring (bicyclic) bond motifs is 6. The van der Waals surface area contributed by atoms with Gasteiger partial charge in [0.15, 0.2) is 0 Å². The Labute approximate surface area is 315 Å².